The van der Waals surface area contributed by atoms with Gasteiger partial charge in [-0.25, -0.2) is 0 Å². The van der Waals surface area contributed by atoms with Crippen LogP contribution in [0.25, 0.3) is 5.53 Å². The summed E-state index contributed by atoms with van der Waals surface area (Å²) in [6.45, 7) is 5.56. The van der Waals surface area contributed by atoms with Gasteiger partial charge in [0.2, 0.25) is 5.91 Å². The van der Waals surface area contributed by atoms with E-state index in [1.165, 1.54) is 7.11 Å². The van der Waals surface area contributed by atoms with Gasteiger partial charge in [0.05, 0.1) is 17.4 Å². The van der Waals surface area contributed by atoms with E-state index in [0.717, 1.165) is 17.7 Å². The van der Waals surface area contributed by atoms with E-state index in [-0.39, 0.29) is 30.1 Å². The molecule has 3 atom stereocenters. The summed E-state index contributed by atoms with van der Waals surface area (Å²) in [5.74, 6) is -0.112. The number of rotatable bonds is 10. The molecule has 0 saturated heterocycles. The van der Waals surface area contributed by atoms with E-state index < -0.39 is 17.9 Å². The van der Waals surface area contributed by atoms with Crippen LogP contribution in [0.3, 0.4) is 0 Å². The number of amidine groups is 1. The number of nitrogens with zero attached hydrogens (tertiary/aromatic N) is 3. The Bertz CT molecular complexity index is 767. The third-order valence-electron chi connectivity index (χ3n) is 5.37. The number of hydrogen-bond donors (Lipinski definition) is 5. The molecule has 10 nitrogen and oxygen atoms in total. The molecule has 2 aliphatic rings. The average Bonchev–Trinajstić information content (AvgIpc) is 3.02. The summed E-state index contributed by atoms with van der Waals surface area (Å²) in [5, 5.41) is 18.8. The van der Waals surface area contributed by atoms with Crippen LogP contribution in [0.1, 0.15) is 40.0 Å². The van der Waals surface area contributed by atoms with Gasteiger partial charge in [-0.15, -0.1) is 0 Å². The second-order valence-electron chi connectivity index (χ2n) is 8.27. The van der Waals surface area contributed by atoms with Gasteiger partial charge in [0.15, 0.2) is 6.29 Å². The molecule has 0 bridgehead atoms. The molecule has 1 aliphatic carbocycles. The van der Waals surface area contributed by atoms with Crippen molar-refractivity contribution >= 4 is 11.7 Å². The highest BCUT2D eigenvalue weighted by Crippen LogP contribution is 2.45. The Morgan fingerprint density at radius 3 is 2.90 bits per heavy atom. The Balaban J connectivity index is 2.27. The topological polar surface area (TPSA) is 156 Å². The van der Waals surface area contributed by atoms with Crippen LogP contribution >= 0.6 is 0 Å². The van der Waals surface area contributed by atoms with Crippen molar-refractivity contribution in [3.8, 4) is 0 Å². The first kappa shape index (κ1) is 23.7. The summed E-state index contributed by atoms with van der Waals surface area (Å²) in [4.78, 5) is 17.0. The van der Waals surface area contributed by atoms with Gasteiger partial charge < -0.3 is 37.2 Å². The number of methoxy groups -OCH3 is 1. The Kier molecular flexibility index (Phi) is 7.88. The number of aliphatic hydroxyl groups excluding tert-OH is 1. The highest BCUT2D eigenvalue weighted by molar-refractivity contribution is 5.94. The van der Waals surface area contributed by atoms with Crippen molar-refractivity contribution in [3.05, 3.63) is 41.2 Å². The summed E-state index contributed by atoms with van der Waals surface area (Å²) >= 11 is 0. The van der Waals surface area contributed by atoms with Gasteiger partial charge in [0.25, 0.3) is 0 Å². The fraction of sp³-hybridized carbons (Fsp3) is 0.600. The van der Waals surface area contributed by atoms with Crippen molar-refractivity contribution in [3.63, 3.8) is 0 Å². The van der Waals surface area contributed by atoms with Crippen molar-refractivity contribution < 1.29 is 14.6 Å². The van der Waals surface area contributed by atoms with E-state index >= 15 is 0 Å². The lowest BCUT2D eigenvalue weighted by molar-refractivity contribution is -0.125. The minimum atomic E-state index is -1.10. The van der Waals surface area contributed by atoms with E-state index in [4.69, 9.17) is 16.0 Å². The van der Waals surface area contributed by atoms with Gasteiger partial charge in [-0.2, -0.15) is 0 Å². The molecule has 1 heterocycles. The number of aliphatic imine (C=N–C) groups is 1. The highest BCUT2D eigenvalue weighted by Gasteiger charge is 2.39. The van der Waals surface area contributed by atoms with Crippen molar-refractivity contribution in [2.24, 2.45) is 21.4 Å². The third kappa shape index (κ3) is 5.74. The van der Waals surface area contributed by atoms with Crippen molar-refractivity contribution in [2.75, 3.05) is 13.7 Å². The Morgan fingerprint density at radius 2 is 2.27 bits per heavy atom. The number of nitrogens with two attached hydrogens (primary N) is 1. The molecule has 10 heteroatoms. The number of carbonyl (C=O) groups excluding carboxylic acids is 1. The van der Waals surface area contributed by atoms with Gasteiger partial charge in [-0.05, 0) is 45.3 Å². The molecule has 0 radical (unpaired) electrons. The predicted molar refractivity (Wildman–Crippen MR) is 115 cm³/mol. The van der Waals surface area contributed by atoms with E-state index in [1.54, 1.807) is 13.8 Å². The molecule has 2 unspecified atom stereocenters. The second kappa shape index (κ2) is 9.96. The SMILES string of the molecule is COC(O)CCN=C(NN=[N-])[C@@H](CC1=CNC2=CC=CCC12C)NC(=O)C(C)(C)N. The Morgan fingerprint density at radius 1 is 1.53 bits per heavy atom. The van der Waals surface area contributed by atoms with Gasteiger partial charge in [0, 0.05) is 37.4 Å². The molecule has 1 aliphatic heterocycles. The molecule has 0 spiro atoms. The van der Waals surface area contributed by atoms with Crippen LogP contribution in [0.4, 0.5) is 0 Å². The lowest BCUT2D eigenvalue weighted by Crippen LogP contribution is -2.55. The summed E-state index contributed by atoms with van der Waals surface area (Å²) in [5.41, 5.74) is 18.4. The van der Waals surface area contributed by atoms with Crippen LogP contribution in [-0.4, -0.2) is 48.4 Å². The molecule has 6 N–H and O–H groups in total. The number of carbonyl (C=O) groups is 1. The monoisotopic (exact) mass is 418 g/mol. The molecule has 0 aromatic carbocycles. The predicted octanol–water partition coefficient (Wildman–Crippen LogP) is 1.22. The van der Waals surface area contributed by atoms with Gasteiger partial charge in [-0.3, -0.25) is 15.0 Å². The molecule has 0 aromatic heterocycles. The van der Waals surface area contributed by atoms with Crippen molar-refractivity contribution in [1.29, 1.82) is 0 Å². The maximum atomic E-state index is 12.6. The normalized spacial score (nSPS) is 22.9. The minimum Gasteiger partial charge on any atom is -0.373 e. The second-order valence-corrected chi connectivity index (χ2v) is 8.27. The molecule has 0 aromatic rings. The summed E-state index contributed by atoms with van der Waals surface area (Å²) in [6.07, 6.45) is 8.62. The average molecular weight is 419 g/mol. The molecule has 1 amide bonds. The van der Waals surface area contributed by atoms with Crippen LogP contribution < -0.4 is 21.8 Å². The van der Waals surface area contributed by atoms with E-state index in [2.05, 4.69) is 39.3 Å². The van der Waals surface area contributed by atoms with E-state index in [1.807, 2.05) is 18.4 Å². The number of fused-ring (bicyclic) bond motifs is 1. The van der Waals surface area contributed by atoms with Crippen LogP contribution in [0.15, 0.2) is 45.9 Å². The smallest absolute Gasteiger partial charge is 0.240 e. The molecule has 0 saturated carbocycles. The number of ether oxygens (including phenoxy) is 1. The molecular weight excluding hydrogens is 386 g/mol. The lowest BCUT2D eigenvalue weighted by atomic mass is 9.74. The summed E-state index contributed by atoms with van der Waals surface area (Å²) < 4.78 is 4.82. The first-order valence-electron chi connectivity index (χ1n) is 9.90. The van der Waals surface area contributed by atoms with Crippen LogP contribution in [-0.2, 0) is 9.53 Å². The zero-order chi connectivity index (χ0) is 22.4. The van der Waals surface area contributed by atoms with E-state index in [9.17, 15) is 9.90 Å². The number of aliphatic hydroxyl groups is 1. The van der Waals surface area contributed by atoms with Gasteiger partial charge in [-0.1, -0.05) is 12.2 Å². The summed E-state index contributed by atoms with van der Waals surface area (Å²) in [6, 6.07) is -0.619. The molecule has 166 valence electrons. The van der Waals surface area contributed by atoms with E-state index in [0.29, 0.717) is 6.42 Å². The van der Waals surface area contributed by atoms with Gasteiger partial charge in [0.1, 0.15) is 0 Å². The number of allylic oxidation sites excluding steroid dienone is 4. The molecule has 0 fully saturated rings. The Hall–Kier alpha value is -2.56. The number of nitrogens with one attached hydrogen (secondary N) is 3. The van der Waals surface area contributed by atoms with Crippen LogP contribution in [0.5, 0.6) is 0 Å². The largest absolute Gasteiger partial charge is 0.373 e. The van der Waals surface area contributed by atoms with Crippen molar-refractivity contribution in [2.45, 2.75) is 57.9 Å². The highest BCUT2D eigenvalue weighted by atomic mass is 16.6. The molecule has 30 heavy (non-hydrogen) atoms. The number of amides is 1. The lowest BCUT2D eigenvalue weighted by Gasteiger charge is -2.33. The fourth-order valence-electron chi connectivity index (χ4n) is 3.35. The number of hydrogen-bond acceptors (Lipinski definition) is 7. The first-order chi connectivity index (χ1) is 14.1. The summed E-state index contributed by atoms with van der Waals surface area (Å²) in [7, 11) is 1.40. The maximum Gasteiger partial charge on any atom is 0.240 e. The van der Waals surface area contributed by atoms with Crippen LogP contribution in [0, 0.1) is 5.41 Å². The Labute approximate surface area is 177 Å². The zero-order valence-electron chi connectivity index (χ0n) is 18.0. The zero-order valence-corrected chi connectivity index (χ0v) is 18.0. The third-order valence-corrected chi connectivity index (χ3v) is 5.37. The van der Waals surface area contributed by atoms with Gasteiger partial charge >= 0.3 is 0 Å². The quantitative estimate of drug-likeness (QED) is 0.118. The fourth-order valence-corrected chi connectivity index (χ4v) is 3.35. The molecular formula is C20H32N7O3-. The molecule has 2 rings (SSSR count). The standard InChI is InChI=1S/C20H32N7O3/c1-19(2,21)18(29)25-14(17(26-27-22)23-10-8-16(28)30-4)11-13-12-24-15-7-5-6-9-20(13,15)3/h5-7,12,14,16,24,28H,8-11,21H2,1-4H3,(H2-,22,23,25,26,29)/q-1/t14-,16?,20?/m1/s1. The first-order valence-corrected chi connectivity index (χ1v) is 9.90. The minimum absolute atomic E-state index is 0.202. The van der Waals surface area contributed by atoms with Crippen LogP contribution in [0.2, 0.25) is 0 Å². The maximum absolute atomic E-state index is 12.6. The van der Waals surface area contributed by atoms with Crippen molar-refractivity contribution in [1.82, 2.24) is 16.1 Å².